The van der Waals surface area contributed by atoms with Crippen LogP contribution in [0, 0.1) is 6.92 Å². The average Bonchev–Trinajstić information content (AvgIpc) is 2.64. The Bertz CT molecular complexity index is 923. The lowest BCUT2D eigenvalue weighted by atomic mass is 10.1. The van der Waals surface area contributed by atoms with E-state index >= 15 is 0 Å². The molecule has 3 aromatic rings. The Morgan fingerprint density at radius 1 is 1.24 bits per heavy atom. The van der Waals surface area contributed by atoms with Gasteiger partial charge in [0.2, 0.25) is 5.88 Å². The fourth-order valence-electron chi connectivity index (χ4n) is 2.36. The van der Waals surface area contributed by atoms with Crippen molar-refractivity contribution in [3.8, 4) is 5.88 Å². The van der Waals surface area contributed by atoms with E-state index in [9.17, 15) is 0 Å². The topological polar surface area (TPSA) is 46.5 Å². The molecule has 3 rings (SSSR count). The summed E-state index contributed by atoms with van der Waals surface area (Å²) in [4.78, 5) is 4.57. The van der Waals surface area contributed by atoms with E-state index < -0.39 is 0 Å². The number of rotatable bonds is 6. The Kier molecular flexibility index (Phi) is 5.31. The molecule has 1 aromatic heterocycles. The first-order valence-corrected chi connectivity index (χ1v) is 8.25. The molecule has 0 saturated heterocycles. The van der Waals surface area contributed by atoms with Crippen molar-refractivity contribution >= 4 is 33.4 Å². The maximum atomic E-state index is 6.42. The lowest BCUT2D eigenvalue weighted by molar-refractivity contribution is 0.349. The van der Waals surface area contributed by atoms with Crippen molar-refractivity contribution in [2.24, 2.45) is 5.10 Å². The van der Waals surface area contributed by atoms with Crippen molar-refractivity contribution in [3.05, 3.63) is 78.4 Å². The first-order valence-electron chi connectivity index (χ1n) is 7.87. The summed E-state index contributed by atoms with van der Waals surface area (Å²) in [6.07, 6.45) is 1.66. The van der Waals surface area contributed by atoms with Crippen LogP contribution in [0.25, 0.3) is 10.9 Å². The number of nitrogens with one attached hydrogen (secondary N) is 1. The van der Waals surface area contributed by atoms with Gasteiger partial charge in [-0.1, -0.05) is 54.1 Å². The minimum atomic E-state index is 0.277. The normalized spacial score (nSPS) is 11.4. The largest absolute Gasteiger partial charge is 0.473 e. The van der Waals surface area contributed by atoms with Crippen molar-refractivity contribution in [2.75, 3.05) is 12.0 Å². The number of benzene rings is 2. The third-order valence-electron chi connectivity index (χ3n) is 3.55. The zero-order chi connectivity index (χ0) is 17.6. The van der Waals surface area contributed by atoms with Gasteiger partial charge in [0.25, 0.3) is 0 Å². The summed E-state index contributed by atoms with van der Waals surface area (Å²) in [5.41, 5.74) is 6.40. The summed E-state index contributed by atoms with van der Waals surface area (Å²) >= 11 is 6.42. The van der Waals surface area contributed by atoms with Crippen LogP contribution < -0.4 is 10.2 Å². The molecule has 0 spiro atoms. The molecule has 5 heteroatoms. The van der Waals surface area contributed by atoms with E-state index in [0.717, 1.165) is 22.2 Å². The fraction of sp³-hybridized carbons (Fsp3) is 0.100. The van der Waals surface area contributed by atoms with Gasteiger partial charge < -0.3 is 4.74 Å². The van der Waals surface area contributed by atoms with Crippen LogP contribution in [-0.2, 0) is 0 Å². The average molecular weight is 352 g/mol. The molecule has 126 valence electrons. The molecule has 4 nitrogen and oxygen atoms in total. The quantitative estimate of drug-likeness (QED) is 0.381. The molecule has 0 atom stereocenters. The number of hydrogen-bond donors (Lipinski definition) is 1. The van der Waals surface area contributed by atoms with E-state index in [1.54, 1.807) is 6.08 Å². The van der Waals surface area contributed by atoms with Crippen molar-refractivity contribution < 1.29 is 4.74 Å². The van der Waals surface area contributed by atoms with Crippen LogP contribution in [0.2, 0.25) is 0 Å². The number of hydrazone groups is 1. The molecule has 0 unspecified atom stereocenters. The van der Waals surface area contributed by atoms with Gasteiger partial charge in [0.15, 0.2) is 5.17 Å². The van der Waals surface area contributed by atoms with Gasteiger partial charge in [0.05, 0.1) is 16.8 Å². The smallest absolute Gasteiger partial charge is 0.224 e. The van der Waals surface area contributed by atoms with Gasteiger partial charge in [0, 0.05) is 5.39 Å². The van der Waals surface area contributed by atoms with Gasteiger partial charge >= 0.3 is 0 Å². The van der Waals surface area contributed by atoms with E-state index in [-0.39, 0.29) is 5.17 Å². The van der Waals surface area contributed by atoms with E-state index in [4.69, 9.17) is 16.3 Å². The number of ether oxygens (including phenoxy) is 1. The number of aromatic nitrogens is 1. The minimum Gasteiger partial charge on any atom is -0.473 e. The number of halogens is 1. The highest BCUT2D eigenvalue weighted by molar-refractivity contribution is 6.70. The summed E-state index contributed by atoms with van der Waals surface area (Å²) in [7, 11) is 0. The standard InChI is InChI=1S/C20H18ClN3O/c1-3-11-25-20-17(13-15-12-14(2)9-10-18(15)22-20)19(21)24-23-16-7-5-4-6-8-16/h3-10,12-13,23H,1,11H2,2H3/b24-19-. The van der Waals surface area contributed by atoms with Crippen LogP contribution in [0.3, 0.4) is 0 Å². The molecule has 0 aliphatic heterocycles. The summed E-state index contributed by atoms with van der Waals surface area (Å²) in [6.45, 7) is 6.05. The zero-order valence-corrected chi connectivity index (χ0v) is 14.6. The highest BCUT2D eigenvalue weighted by Gasteiger charge is 2.13. The highest BCUT2D eigenvalue weighted by Crippen LogP contribution is 2.25. The van der Waals surface area contributed by atoms with Crippen LogP contribution >= 0.6 is 11.6 Å². The Labute approximate surface area is 151 Å². The molecule has 0 aliphatic carbocycles. The minimum absolute atomic E-state index is 0.277. The molecule has 1 heterocycles. The molecule has 0 aliphatic rings. The molecular formula is C20H18ClN3O. The number of anilines is 1. The lowest BCUT2D eigenvalue weighted by Crippen LogP contribution is -2.05. The van der Waals surface area contributed by atoms with E-state index in [1.807, 2.05) is 55.5 Å². The second-order valence-corrected chi connectivity index (χ2v) is 5.88. The number of para-hydroxylation sites is 1. The third-order valence-corrected chi connectivity index (χ3v) is 3.84. The summed E-state index contributed by atoms with van der Waals surface area (Å²) < 4.78 is 5.68. The van der Waals surface area contributed by atoms with Crippen molar-refractivity contribution in [2.45, 2.75) is 6.92 Å². The number of hydrogen-bond acceptors (Lipinski definition) is 4. The fourth-order valence-corrected chi connectivity index (χ4v) is 2.54. The van der Waals surface area contributed by atoms with Crippen LogP contribution in [0.15, 0.2) is 72.4 Å². The predicted octanol–water partition coefficient (Wildman–Crippen LogP) is 5.12. The number of fused-ring (bicyclic) bond motifs is 1. The summed E-state index contributed by atoms with van der Waals surface area (Å²) in [6, 6.07) is 17.6. The van der Waals surface area contributed by atoms with Crippen molar-refractivity contribution in [1.82, 2.24) is 4.98 Å². The molecule has 0 saturated carbocycles. The third kappa shape index (κ3) is 4.17. The Balaban J connectivity index is 2.00. The predicted molar refractivity (Wildman–Crippen MR) is 105 cm³/mol. The molecule has 25 heavy (non-hydrogen) atoms. The number of pyridine rings is 1. The van der Waals surface area contributed by atoms with Crippen LogP contribution in [0.1, 0.15) is 11.1 Å². The maximum Gasteiger partial charge on any atom is 0.224 e. The monoisotopic (exact) mass is 351 g/mol. The van der Waals surface area contributed by atoms with Gasteiger partial charge in [0.1, 0.15) is 6.61 Å². The molecular weight excluding hydrogens is 334 g/mol. The Morgan fingerprint density at radius 3 is 2.80 bits per heavy atom. The van der Waals surface area contributed by atoms with Crippen LogP contribution in [-0.4, -0.2) is 16.8 Å². The van der Waals surface area contributed by atoms with E-state index in [0.29, 0.717) is 18.1 Å². The van der Waals surface area contributed by atoms with Crippen molar-refractivity contribution in [3.63, 3.8) is 0 Å². The van der Waals surface area contributed by atoms with E-state index in [1.165, 1.54) is 0 Å². The van der Waals surface area contributed by atoms with Gasteiger partial charge in [-0.25, -0.2) is 4.98 Å². The highest BCUT2D eigenvalue weighted by atomic mass is 35.5. The molecule has 1 N–H and O–H groups in total. The van der Waals surface area contributed by atoms with Gasteiger partial charge in [-0.2, -0.15) is 5.10 Å². The second kappa shape index (κ2) is 7.81. The molecule has 2 aromatic carbocycles. The van der Waals surface area contributed by atoms with Gasteiger partial charge in [-0.15, -0.1) is 0 Å². The molecule has 0 bridgehead atoms. The lowest BCUT2D eigenvalue weighted by Gasteiger charge is -2.10. The zero-order valence-electron chi connectivity index (χ0n) is 13.9. The first kappa shape index (κ1) is 17.0. The molecule has 0 amide bonds. The maximum absolute atomic E-state index is 6.42. The van der Waals surface area contributed by atoms with E-state index in [2.05, 4.69) is 28.2 Å². The summed E-state index contributed by atoms with van der Waals surface area (Å²) in [5, 5.41) is 5.51. The first-order chi connectivity index (χ1) is 12.2. The number of nitrogens with zero attached hydrogens (tertiary/aromatic N) is 2. The Hall–Kier alpha value is -2.85. The molecule has 0 radical (unpaired) electrons. The van der Waals surface area contributed by atoms with Gasteiger partial charge in [-0.05, 0) is 37.3 Å². The molecule has 0 fully saturated rings. The Morgan fingerprint density at radius 2 is 2.04 bits per heavy atom. The summed E-state index contributed by atoms with van der Waals surface area (Å²) in [5.74, 6) is 0.430. The van der Waals surface area contributed by atoms with Crippen molar-refractivity contribution in [1.29, 1.82) is 0 Å². The van der Waals surface area contributed by atoms with Crippen LogP contribution in [0.5, 0.6) is 5.88 Å². The second-order valence-electron chi connectivity index (χ2n) is 5.52. The number of aryl methyl sites for hydroxylation is 1. The van der Waals surface area contributed by atoms with Crippen LogP contribution in [0.4, 0.5) is 5.69 Å². The SMILES string of the molecule is C=CCOc1nc2ccc(C)cc2cc1/C(Cl)=N/Nc1ccccc1. The van der Waals surface area contributed by atoms with Gasteiger partial charge in [-0.3, -0.25) is 5.43 Å².